The largest absolute Gasteiger partial charge is 0.392 e. The smallest absolute Gasteiger partial charge is 0.0647 e. The molecule has 0 amide bonds. The zero-order valence-electron chi connectivity index (χ0n) is 14.8. The minimum atomic E-state index is 0.174. The van der Waals surface area contributed by atoms with Crippen LogP contribution in [0.5, 0.6) is 0 Å². The quantitative estimate of drug-likeness (QED) is 0.548. The van der Waals surface area contributed by atoms with Gasteiger partial charge in [0.1, 0.15) is 0 Å². The second kappa shape index (κ2) is 20.2. The van der Waals surface area contributed by atoms with Gasteiger partial charge in [-0.05, 0) is 36.5 Å². The first-order chi connectivity index (χ1) is 9.71. The molecular weight excluding hydrogens is 244 g/mol. The fourth-order valence-electron chi connectivity index (χ4n) is 1.81. The van der Waals surface area contributed by atoms with Gasteiger partial charge in [-0.1, -0.05) is 78.8 Å². The van der Waals surface area contributed by atoms with E-state index in [2.05, 4.69) is 33.4 Å². The summed E-state index contributed by atoms with van der Waals surface area (Å²) in [6.07, 6.45) is 10.8. The predicted molar refractivity (Wildman–Crippen MR) is 95.1 cm³/mol. The van der Waals surface area contributed by atoms with E-state index in [-0.39, 0.29) is 6.61 Å². The van der Waals surface area contributed by atoms with Crippen LogP contribution in [-0.2, 0) is 0 Å². The van der Waals surface area contributed by atoms with Crippen LogP contribution in [0.15, 0.2) is 47.6 Å². The minimum absolute atomic E-state index is 0.174. The summed E-state index contributed by atoms with van der Waals surface area (Å²) in [7, 11) is 0. The topological polar surface area (TPSA) is 20.2 Å². The molecule has 0 saturated carbocycles. The van der Waals surface area contributed by atoms with Crippen LogP contribution >= 0.6 is 0 Å². The summed E-state index contributed by atoms with van der Waals surface area (Å²) < 4.78 is 0. The first kappa shape index (κ1) is 24.0. The molecule has 118 valence electrons. The van der Waals surface area contributed by atoms with E-state index in [1.165, 1.54) is 16.7 Å². The molecular formula is C19H36O. The van der Waals surface area contributed by atoms with Crippen LogP contribution in [0.3, 0.4) is 0 Å². The molecule has 0 fully saturated rings. The van der Waals surface area contributed by atoms with Gasteiger partial charge >= 0.3 is 0 Å². The molecule has 0 aliphatic heterocycles. The molecule has 0 aliphatic rings. The number of rotatable bonds is 7. The van der Waals surface area contributed by atoms with Gasteiger partial charge in [0.2, 0.25) is 0 Å². The summed E-state index contributed by atoms with van der Waals surface area (Å²) in [6.45, 7) is 18.2. The summed E-state index contributed by atoms with van der Waals surface area (Å²) in [5.74, 6) is 0. The fraction of sp³-hybridized carbons (Fsp3) is 0.579. The Kier molecular flexibility index (Phi) is 24.3. The van der Waals surface area contributed by atoms with Gasteiger partial charge < -0.3 is 5.11 Å². The highest BCUT2D eigenvalue weighted by Crippen LogP contribution is 2.21. The third-order valence-corrected chi connectivity index (χ3v) is 2.59. The zero-order valence-corrected chi connectivity index (χ0v) is 14.8. The third kappa shape index (κ3) is 12.0. The highest BCUT2D eigenvalue weighted by Gasteiger charge is 2.04. The molecule has 1 N–H and O–H groups in total. The third-order valence-electron chi connectivity index (χ3n) is 2.59. The molecule has 0 aromatic carbocycles. The van der Waals surface area contributed by atoms with Crippen LogP contribution in [0.25, 0.3) is 0 Å². The first-order valence-electron chi connectivity index (χ1n) is 7.99. The standard InChI is InChI=1S/C15H24O.2C2H6/c1-5-8-9-11-13(4)15(7-3)14(12-16)10-6-2;2*1-2/h5,8-9,11,16H,1,6-7,10,12H2,2-4H3;2*1-2H3/b9-8-,13-11+,15-14-;;. The lowest BCUT2D eigenvalue weighted by Gasteiger charge is -2.12. The molecule has 0 rings (SSSR count). The number of hydrogen-bond acceptors (Lipinski definition) is 1. The molecule has 1 nitrogen and oxygen atoms in total. The molecule has 0 spiro atoms. The van der Waals surface area contributed by atoms with Crippen LogP contribution in [-0.4, -0.2) is 11.7 Å². The van der Waals surface area contributed by atoms with Gasteiger partial charge in [0, 0.05) is 0 Å². The van der Waals surface area contributed by atoms with E-state index in [1.54, 1.807) is 6.08 Å². The van der Waals surface area contributed by atoms with Gasteiger partial charge in [-0.3, -0.25) is 0 Å². The SMILES string of the molecule is C=C\C=C/C=C(C)/C(CC)=C(\CO)CCC.CC.CC. The Hall–Kier alpha value is -1.08. The van der Waals surface area contributed by atoms with E-state index < -0.39 is 0 Å². The van der Waals surface area contributed by atoms with E-state index in [0.717, 1.165) is 19.3 Å². The van der Waals surface area contributed by atoms with Gasteiger partial charge in [-0.25, -0.2) is 0 Å². The highest BCUT2D eigenvalue weighted by molar-refractivity contribution is 5.36. The Morgan fingerprint density at radius 3 is 1.95 bits per heavy atom. The fourth-order valence-corrected chi connectivity index (χ4v) is 1.81. The molecule has 0 saturated heterocycles. The van der Waals surface area contributed by atoms with Gasteiger partial charge in [0.15, 0.2) is 0 Å². The van der Waals surface area contributed by atoms with Crippen molar-refractivity contribution in [3.63, 3.8) is 0 Å². The van der Waals surface area contributed by atoms with Crippen molar-refractivity contribution < 1.29 is 5.11 Å². The summed E-state index contributed by atoms with van der Waals surface area (Å²) in [5, 5.41) is 9.36. The van der Waals surface area contributed by atoms with Crippen LogP contribution < -0.4 is 0 Å². The van der Waals surface area contributed by atoms with Crippen LogP contribution in [0, 0.1) is 0 Å². The van der Waals surface area contributed by atoms with Crippen LogP contribution in [0.4, 0.5) is 0 Å². The average Bonchev–Trinajstić information content (AvgIpc) is 2.51. The van der Waals surface area contributed by atoms with Crippen molar-refractivity contribution in [3.8, 4) is 0 Å². The van der Waals surface area contributed by atoms with Crippen molar-refractivity contribution in [1.82, 2.24) is 0 Å². The van der Waals surface area contributed by atoms with E-state index in [0.29, 0.717) is 0 Å². The Balaban J connectivity index is -0.000000656. The molecule has 0 atom stereocenters. The van der Waals surface area contributed by atoms with Crippen molar-refractivity contribution in [2.75, 3.05) is 6.61 Å². The highest BCUT2D eigenvalue weighted by atomic mass is 16.3. The summed E-state index contributed by atoms with van der Waals surface area (Å²) in [4.78, 5) is 0. The van der Waals surface area contributed by atoms with E-state index in [1.807, 2.05) is 39.8 Å². The van der Waals surface area contributed by atoms with Gasteiger partial charge in [0.05, 0.1) is 6.61 Å². The normalized spacial score (nSPS) is 11.9. The van der Waals surface area contributed by atoms with Crippen molar-refractivity contribution in [3.05, 3.63) is 47.6 Å². The Bertz CT molecular complexity index is 293. The van der Waals surface area contributed by atoms with E-state index >= 15 is 0 Å². The Labute approximate surface area is 127 Å². The second-order valence-corrected chi connectivity index (χ2v) is 3.81. The van der Waals surface area contributed by atoms with Crippen molar-refractivity contribution in [1.29, 1.82) is 0 Å². The van der Waals surface area contributed by atoms with E-state index in [9.17, 15) is 5.11 Å². The molecule has 0 radical (unpaired) electrons. The molecule has 0 aliphatic carbocycles. The molecule has 0 unspecified atom stereocenters. The van der Waals surface area contributed by atoms with Gasteiger partial charge in [-0.15, -0.1) is 0 Å². The van der Waals surface area contributed by atoms with Crippen LogP contribution in [0.1, 0.15) is 67.7 Å². The van der Waals surface area contributed by atoms with Crippen molar-refractivity contribution in [2.24, 2.45) is 0 Å². The summed E-state index contributed by atoms with van der Waals surface area (Å²) in [5.41, 5.74) is 3.70. The molecule has 0 bridgehead atoms. The monoisotopic (exact) mass is 280 g/mol. The molecule has 0 heterocycles. The van der Waals surface area contributed by atoms with Gasteiger partial charge in [-0.2, -0.15) is 0 Å². The number of hydrogen-bond donors (Lipinski definition) is 1. The maximum atomic E-state index is 9.36. The molecule has 1 heteroatoms. The van der Waals surface area contributed by atoms with Gasteiger partial charge in [0.25, 0.3) is 0 Å². The number of aliphatic hydroxyl groups is 1. The Morgan fingerprint density at radius 2 is 1.60 bits per heavy atom. The van der Waals surface area contributed by atoms with Crippen LogP contribution in [0.2, 0.25) is 0 Å². The number of allylic oxidation sites excluding steroid dienone is 6. The lowest BCUT2D eigenvalue weighted by molar-refractivity contribution is 0.324. The molecule has 20 heavy (non-hydrogen) atoms. The Morgan fingerprint density at radius 1 is 1.05 bits per heavy atom. The second-order valence-electron chi connectivity index (χ2n) is 3.81. The first-order valence-corrected chi connectivity index (χ1v) is 7.99. The molecule has 0 aromatic heterocycles. The van der Waals surface area contributed by atoms with Crippen molar-refractivity contribution >= 4 is 0 Å². The minimum Gasteiger partial charge on any atom is -0.392 e. The average molecular weight is 280 g/mol. The van der Waals surface area contributed by atoms with Crippen molar-refractivity contribution in [2.45, 2.75) is 67.7 Å². The summed E-state index contributed by atoms with van der Waals surface area (Å²) >= 11 is 0. The molecule has 0 aromatic rings. The summed E-state index contributed by atoms with van der Waals surface area (Å²) in [6, 6.07) is 0. The zero-order chi connectivity index (χ0) is 16.4. The maximum Gasteiger partial charge on any atom is 0.0647 e. The maximum absolute atomic E-state index is 9.36. The predicted octanol–water partition coefficient (Wildman–Crippen LogP) is 6.23. The van der Waals surface area contributed by atoms with E-state index in [4.69, 9.17) is 0 Å². The number of aliphatic hydroxyl groups excluding tert-OH is 1. The lowest BCUT2D eigenvalue weighted by Crippen LogP contribution is -1.98. The lowest BCUT2D eigenvalue weighted by atomic mass is 9.96.